The van der Waals surface area contributed by atoms with Gasteiger partial charge in [0.1, 0.15) is 0 Å². The largest absolute Gasteiger partial charge is 0.327 e. The normalized spacial score (nSPS) is 21.1. The zero-order chi connectivity index (χ0) is 13.4. The first kappa shape index (κ1) is 12.8. The Morgan fingerprint density at radius 2 is 2.26 bits per heavy atom. The van der Waals surface area contributed by atoms with E-state index in [-0.39, 0.29) is 11.9 Å². The third-order valence-corrected chi connectivity index (χ3v) is 4.30. The minimum atomic E-state index is -0.0616. The lowest BCUT2D eigenvalue weighted by molar-refractivity contribution is 0.103. The molecule has 0 amide bonds. The smallest absolute Gasteiger partial charge is 0.304 e. The van der Waals surface area contributed by atoms with E-state index >= 15 is 0 Å². The van der Waals surface area contributed by atoms with Gasteiger partial charge in [-0.25, -0.2) is 4.79 Å². The molecular formula is C14H18ClN3O. The SMILES string of the molecule is CCN1CCCCC1n1c(=O)[nH]c2c(Cl)cccc21. The molecule has 0 spiro atoms. The molecule has 1 aliphatic heterocycles. The average molecular weight is 280 g/mol. The number of hydrogen-bond donors (Lipinski definition) is 1. The predicted molar refractivity (Wildman–Crippen MR) is 77.7 cm³/mol. The number of nitrogens with zero attached hydrogens (tertiary/aromatic N) is 2. The first-order valence-electron chi connectivity index (χ1n) is 6.85. The van der Waals surface area contributed by atoms with Crippen molar-refractivity contribution in [3.63, 3.8) is 0 Å². The van der Waals surface area contributed by atoms with Crippen molar-refractivity contribution >= 4 is 22.6 Å². The predicted octanol–water partition coefficient (Wildman–Crippen LogP) is 2.99. The fourth-order valence-corrected chi connectivity index (χ4v) is 3.26. The number of piperidine rings is 1. The van der Waals surface area contributed by atoms with Crippen LogP contribution in [-0.2, 0) is 0 Å². The Morgan fingerprint density at radius 1 is 1.42 bits per heavy atom. The minimum Gasteiger partial charge on any atom is -0.304 e. The van der Waals surface area contributed by atoms with Crippen molar-refractivity contribution in [1.82, 2.24) is 14.5 Å². The molecule has 1 atom stereocenters. The number of halogens is 1. The number of para-hydroxylation sites is 1. The third kappa shape index (κ3) is 2.09. The van der Waals surface area contributed by atoms with Crippen LogP contribution in [0, 0.1) is 0 Å². The van der Waals surface area contributed by atoms with Gasteiger partial charge in [0.15, 0.2) is 0 Å². The van der Waals surface area contributed by atoms with Gasteiger partial charge >= 0.3 is 5.69 Å². The molecular weight excluding hydrogens is 262 g/mol. The molecule has 5 heteroatoms. The molecule has 2 aromatic rings. The summed E-state index contributed by atoms with van der Waals surface area (Å²) in [5, 5.41) is 0.604. The second-order valence-corrected chi connectivity index (χ2v) is 5.45. The van der Waals surface area contributed by atoms with Crippen LogP contribution in [0.2, 0.25) is 5.02 Å². The molecule has 0 radical (unpaired) electrons. The van der Waals surface area contributed by atoms with E-state index in [0.717, 1.165) is 30.5 Å². The number of H-pyrrole nitrogens is 1. The first-order valence-corrected chi connectivity index (χ1v) is 7.23. The van der Waals surface area contributed by atoms with Gasteiger partial charge in [0.25, 0.3) is 0 Å². The van der Waals surface area contributed by atoms with Crippen molar-refractivity contribution in [3.05, 3.63) is 33.7 Å². The van der Waals surface area contributed by atoms with Gasteiger partial charge in [0, 0.05) is 6.54 Å². The third-order valence-electron chi connectivity index (χ3n) is 3.99. The second kappa shape index (κ2) is 5.02. The summed E-state index contributed by atoms with van der Waals surface area (Å²) in [5.41, 5.74) is 1.59. The molecule has 1 saturated heterocycles. The average Bonchev–Trinajstić information content (AvgIpc) is 2.76. The van der Waals surface area contributed by atoms with E-state index in [9.17, 15) is 4.79 Å². The Labute approximate surface area is 117 Å². The van der Waals surface area contributed by atoms with E-state index in [1.54, 1.807) is 0 Å². The highest BCUT2D eigenvalue weighted by molar-refractivity contribution is 6.34. The van der Waals surface area contributed by atoms with Crippen molar-refractivity contribution in [2.75, 3.05) is 13.1 Å². The van der Waals surface area contributed by atoms with Crippen LogP contribution in [0.15, 0.2) is 23.0 Å². The van der Waals surface area contributed by atoms with Gasteiger partial charge in [-0.2, -0.15) is 0 Å². The molecule has 0 aliphatic carbocycles. The van der Waals surface area contributed by atoms with Crippen LogP contribution in [0.5, 0.6) is 0 Å². The van der Waals surface area contributed by atoms with E-state index in [1.165, 1.54) is 12.8 Å². The molecule has 1 unspecified atom stereocenters. The zero-order valence-electron chi connectivity index (χ0n) is 11.0. The molecule has 1 aromatic heterocycles. The van der Waals surface area contributed by atoms with Gasteiger partial charge in [-0.05, 0) is 37.9 Å². The maximum Gasteiger partial charge on any atom is 0.327 e. The van der Waals surface area contributed by atoms with Gasteiger partial charge in [-0.1, -0.05) is 24.6 Å². The van der Waals surface area contributed by atoms with E-state index in [0.29, 0.717) is 5.02 Å². The van der Waals surface area contributed by atoms with Gasteiger partial charge in [-0.3, -0.25) is 9.47 Å². The Hall–Kier alpha value is -1.26. The lowest BCUT2D eigenvalue weighted by atomic mass is 10.1. The quantitative estimate of drug-likeness (QED) is 0.918. The van der Waals surface area contributed by atoms with Crippen LogP contribution in [-0.4, -0.2) is 27.5 Å². The summed E-state index contributed by atoms with van der Waals surface area (Å²) in [6.45, 7) is 4.16. The van der Waals surface area contributed by atoms with Gasteiger partial charge in [-0.15, -0.1) is 0 Å². The highest BCUT2D eigenvalue weighted by atomic mass is 35.5. The molecule has 2 heterocycles. The van der Waals surface area contributed by atoms with E-state index in [1.807, 2.05) is 22.8 Å². The fourth-order valence-electron chi connectivity index (χ4n) is 3.04. The maximum absolute atomic E-state index is 12.3. The van der Waals surface area contributed by atoms with Gasteiger partial charge in [0.05, 0.1) is 22.2 Å². The molecule has 1 N–H and O–H groups in total. The Bertz CT molecular complexity index is 646. The fraction of sp³-hybridized carbons (Fsp3) is 0.500. The first-order chi connectivity index (χ1) is 9.22. The number of hydrogen-bond acceptors (Lipinski definition) is 2. The number of rotatable bonds is 2. The standard InChI is InChI=1S/C14H18ClN3O/c1-2-17-9-4-3-8-12(17)18-11-7-5-6-10(15)13(11)16-14(18)19/h5-7,12H,2-4,8-9H2,1H3,(H,16,19). The highest BCUT2D eigenvalue weighted by Gasteiger charge is 2.25. The summed E-state index contributed by atoms with van der Waals surface area (Å²) in [7, 11) is 0. The maximum atomic E-state index is 12.3. The summed E-state index contributed by atoms with van der Waals surface area (Å²) in [6, 6.07) is 5.66. The van der Waals surface area contributed by atoms with Crippen LogP contribution in [0.4, 0.5) is 0 Å². The van der Waals surface area contributed by atoms with E-state index in [2.05, 4.69) is 16.8 Å². The monoisotopic (exact) mass is 279 g/mol. The lowest BCUT2D eigenvalue weighted by Gasteiger charge is -2.35. The number of aromatic nitrogens is 2. The molecule has 19 heavy (non-hydrogen) atoms. The molecule has 3 rings (SSSR count). The number of aromatic amines is 1. The van der Waals surface area contributed by atoms with Crippen molar-refractivity contribution in [2.45, 2.75) is 32.4 Å². The summed E-state index contributed by atoms with van der Waals surface area (Å²) < 4.78 is 1.86. The topological polar surface area (TPSA) is 41.0 Å². The Kier molecular flexibility index (Phi) is 3.37. The van der Waals surface area contributed by atoms with E-state index in [4.69, 9.17) is 11.6 Å². The second-order valence-electron chi connectivity index (χ2n) is 5.04. The Balaban J connectivity index is 2.16. The Morgan fingerprint density at radius 3 is 3.05 bits per heavy atom. The van der Waals surface area contributed by atoms with Crippen molar-refractivity contribution in [2.24, 2.45) is 0 Å². The summed E-state index contributed by atoms with van der Waals surface area (Å²) in [6.07, 6.45) is 3.55. The van der Waals surface area contributed by atoms with Crippen LogP contribution in [0.3, 0.4) is 0 Å². The molecule has 0 bridgehead atoms. The molecule has 102 valence electrons. The number of likely N-dealkylation sites (tertiary alicyclic amines) is 1. The molecule has 1 aliphatic rings. The van der Waals surface area contributed by atoms with Crippen LogP contribution in [0.1, 0.15) is 32.4 Å². The van der Waals surface area contributed by atoms with Crippen LogP contribution >= 0.6 is 11.6 Å². The van der Waals surface area contributed by atoms with Crippen LogP contribution < -0.4 is 5.69 Å². The number of benzene rings is 1. The zero-order valence-corrected chi connectivity index (χ0v) is 11.8. The minimum absolute atomic E-state index is 0.0616. The van der Waals surface area contributed by atoms with E-state index < -0.39 is 0 Å². The lowest BCUT2D eigenvalue weighted by Crippen LogP contribution is -2.40. The highest BCUT2D eigenvalue weighted by Crippen LogP contribution is 2.29. The van der Waals surface area contributed by atoms with Crippen molar-refractivity contribution in [3.8, 4) is 0 Å². The molecule has 1 fully saturated rings. The summed E-state index contributed by atoms with van der Waals surface area (Å²) in [5.74, 6) is 0. The molecule has 0 saturated carbocycles. The summed E-state index contributed by atoms with van der Waals surface area (Å²) >= 11 is 6.15. The summed E-state index contributed by atoms with van der Waals surface area (Å²) in [4.78, 5) is 17.5. The molecule has 1 aromatic carbocycles. The number of fused-ring (bicyclic) bond motifs is 1. The van der Waals surface area contributed by atoms with Gasteiger partial charge < -0.3 is 4.98 Å². The van der Waals surface area contributed by atoms with Crippen molar-refractivity contribution in [1.29, 1.82) is 0 Å². The van der Waals surface area contributed by atoms with Crippen molar-refractivity contribution < 1.29 is 0 Å². The van der Waals surface area contributed by atoms with Crippen LogP contribution in [0.25, 0.3) is 11.0 Å². The molecule has 4 nitrogen and oxygen atoms in total. The number of nitrogens with one attached hydrogen (secondary N) is 1. The number of imidazole rings is 1. The van der Waals surface area contributed by atoms with Gasteiger partial charge in [0.2, 0.25) is 0 Å².